The number of carbonyl (C=O) groups excluding carboxylic acids is 2. The van der Waals surface area contributed by atoms with E-state index in [2.05, 4.69) is 11.4 Å². The summed E-state index contributed by atoms with van der Waals surface area (Å²) in [6.07, 6.45) is 0. The minimum absolute atomic E-state index is 0.00776. The van der Waals surface area contributed by atoms with Gasteiger partial charge in [-0.25, -0.2) is 0 Å². The van der Waals surface area contributed by atoms with Crippen LogP contribution in [0.15, 0.2) is 75.1 Å². The van der Waals surface area contributed by atoms with Crippen molar-refractivity contribution in [2.24, 2.45) is 0 Å². The maximum absolute atomic E-state index is 12.8. The summed E-state index contributed by atoms with van der Waals surface area (Å²) in [6.45, 7) is 10.7. The van der Waals surface area contributed by atoms with Crippen LogP contribution in [0.3, 0.4) is 0 Å². The van der Waals surface area contributed by atoms with Gasteiger partial charge in [0.2, 0.25) is 0 Å². The Kier molecular flexibility index (Phi) is 11.5. The van der Waals surface area contributed by atoms with Crippen LogP contribution in [0.4, 0.5) is 5.69 Å². The highest BCUT2D eigenvalue weighted by atomic mass is 32.2. The normalized spacial score (nSPS) is 16.6. The summed E-state index contributed by atoms with van der Waals surface area (Å²) in [4.78, 5) is 29.0. The fourth-order valence-corrected chi connectivity index (χ4v) is 5.59. The van der Waals surface area contributed by atoms with Crippen molar-refractivity contribution in [1.29, 1.82) is 10.7 Å². The van der Waals surface area contributed by atoms with Crippen LogP contribution in [0.1, 0.15) is 45.7 Å². The van der Waals surface area contributed by atoms with Crippen molar-refractivity contribution in [3.05, 3.63) is 86.3 Å². The molecule has 194 valence electrons. The van der Waals surface area contributed by atoms with E-state index in [1.54, 1.807) is 12.1 Å². The molecule has 0 bridgehead atoms. The first-order valence-corrected chi connectivity index (χ1v) is 13.6. The van der Waals surface area contributed by atoms with Crippen molar-refractivity contribution < 1.29 is 9.59 Å². The quantitative estimate of drug-likeness (QED) is 0.428. The molecule has 9 heteroatoms. The van der Waals surface area contributed by atoms with Crippen LogP contribution in [0.5, 0.6) is 0 Å². The fraction of sp³-hybridized carbons (Fsp3) is 0.286. The minimum Gasteiger partial charge on any atom is -0.385 e. The van der Waals surface area contributed by atoms with Gasteiger partial charge in [0.15, 0.2) is 11.0 Å². The fourth-order valence-electron chi connectivity index (χ4n) is 3.39. The molecule has 1 fully saturated rings. The molecule has 0 saturated carbocycles. The Hall–Kier alpha value is -3.48. The first-order valence-electron chi connectivity index (χ1n) is 12.0. The number of benzene rings is 2. The lowest BCUT2D eigenvalue weighted by atomic mass is 10.2. The smallest absolute Gasteiger partial charge is 0.269 e. The summed E-state index contributed by atoms with van der Waals surface area (Å²) in [5.41, 5.74) is 3.59. The lowest BCUT2D eigenvalue weighted by molar-refractivity contribution is -0.122. The molecular formula is C28H33N5O2S2. The lowest BCUT2D eigenvalue weighted by Gasteiger charge is -2.16. The van der Waals surface area contributed by atoms with Crippen LogP contribution in [0, 0.1) is 16.7 Å². The monoisotopic (exact) mass is 535 g/mol. The summed E-state index contributed by atoms with van der Waals surface area (Å²) in [6, 6.07) is 19.1. The average Bonchev–Trinajstić information content (AvgIpc) is 3.36. The number of amides is 1. The Morgan fingerprint density at radius 1 is 1.08 bits per heavy atom. The first-order chi connectivity index (χ1) is 17.8. The van der Waals surface area contributed by atoms with Gasteiger partial charge in [-0.05, 0) is 62.4 Å². The van der Waals surface area contributed by atoms with Crippen LogP contribution in [-0.2, 0) is 16.1 Å². The highest BCUT2D eigenvalue weighted by Crippen LogP contribution is 2.46. The minimum atomic E-state index is -0.180. The zero-order valence-corrected chi connectivity index (χ0v) is 23.7. The van der Waals surface area contributed by atoms with Crippen LogP contribution < -0.4 is 5.32 Å². The number of amidine groups is 1. The third-order valence-corrected chi connectivity index (χ3v) is 7.88. The third kappa shape index (κ3) is 7.51. The number of rotatable bonds is 5. The molecule has 0 atom stereocenters. The number of nitriles is 1. The van der Waals surface area contributed by atoms with E-state index in [9.17, 15) is 9.59 Å². The van der Waals surface area contributed by atoms with Crippen molar-refractivity contribution in [3.8, 4) is 6.07 Å². The van der Waals surface area contributed by atoms with Gasteiger partial charge in [0.05, 0.1) is 28.1 Å². The second kappa shape index (κ2) is 14.3. The second-order valence-corrected chi connectivity index (χ2v) is 9.77. The molecule has 0 aliphatic carbocycles. The van der Waals surface area contributed by atoms with E-state index in [0.717, 1.165) is 40.3 Å². The molecule has 37 heavy (non-hydrogen) atoms. The molecule has 0 spiro atoms. The van der Waals surface area contributed by atoms with Gasteiger partial charge in [0, 0.05) is 25.0 Å². The molecule has 2 heterocycles. The van der Waals surface area contributed by atoms with Crippen molar-refractivity contribution in [2.45, 2.75) is 41.2 Å². The number of nitrogens with one attached hydrogen (secondary N) is 2. The molecule has 2 N–H and O–H groups in total. The first kappa shape index (κ1) is 29.7. The molecule has 2 aromatic rings. The molecule has 1 amide bonds. The Labute approximate surface area is 228 Å². The highest BCUT2D eigenvalue weighted by molar-refractivity contribution is 8.19. The van der Waals surface area contributed by atoms with Gasteiger partial charge >= 0.3 is 0 Å². The number of hydrogen-bond acceptors (Lipinski definition) is 8. The van der Waals surface area contributed by atoms with E-state index in [4.69, 9.17) is 10.7 Å². The van der Waals surface area contributed by atoms with Crippen molar-refractivity contribution in [2.75, 3.05) is 18.9 Å². The number of ketones is 1. The van der Waals surface area contributed by atoms with Gasteiger partial charge in [0.25, 0.3) is 5.91 Å². The zero-order valence-electron chi connectivity index (χ0n) is 22.1. The molecule has 2 aliphatic heterocycles. The standard InChI is InChI=1S/C17H17N3O2S2.C9H10N2.C2H6/c1-10-13(11(2)21)23-16(19(10)3)14-15(22)20(17(18)24-14)9-12-7-5-4-6-8-12;1-2-11-9-5-3-8(7-10)4-6-9;1-2/h4-8,18H,9H2,1-3H3;3-6,11H,2H2,1H3;1-2H3/b16-14-,18-17?;;. The summed E-state index contributed by atoms with van der Waals surface area (Å²) >= 11 is 2.47. The number of hydrogen-bond donors (Lipinski definition) is 2. The van der Waals surface area contributed by atoms with Crippen molar-refractivity contribution in [1.82, 2.24) is 9.80 Å². The number of nitrogens with zero attached hydrogens (tertiary/aromatic N) is 3. The predicted molar refractivity (Wildman–Crippen MR) is 155 cm³/mol. The maximum atomic E-state index is 12.8. The number of Topliss-reactive ketones (excluding diaryl/α,β-unsaturated/α-hetero) is 1. The Balaban J connectivity index is 0.000000311. The van der Waals surface area contributed by atoms with Gasteiger partial charge in [0.1, 0.15) is 4.91 Å². The van der Waals surface area contributed by atoms with E-state index in [1.807, 2.05) is 82.1 Å². The van der Waals surface area contributed by atoms with Gasteiger partial charge in [-0.3, -0.25) is 19.9 Å². The summed E-state index contributed by atoms with van der Waals surface area (Å²) < 4.78 is 0. The summed E-state index contributed by atoms with van der Waals surface area (Å²) in [7, 11) is 1.85. The lowest BCUT2D eigenvalue weighted by Crippen LogP contribution is -2.28. The number of thioether (sulfide) groups is 2. The molecular weight excluding hydrogens is 502 g/mol. The molecule has 2 aromatic carbocycles. The largest absolute Gasteiger partial charge is 0.385 e. The van der Waals surface area contributed by atoms with E-state index < -0.39 is 0 Å². The molecule has 2 aliphatic rings. The average molecular weight is 536 g/mol. The molecule has 0 aromatic heterocycles. The zero-order chi connectivity index (χ0) is 27.5. The molecule has 4 rings (SSSR count). The number of allylic oxidation sites excluding steroid dienone is 2. The van der Waals surface area contributed by atoms with Crippen LogP contribution in [-0.4, -0.2) is 40.3 Å². The van der Waals surface area contributed by atoms with Gasteiger partial charge in [-0.1, -0.05) is 55.9 Å². The Morgan fingerprint density at radius 3 is 2.22 bits per heavy atom. The van der Waals surface area contributed by atoms with Gasteiger partial charge in [-0.2, -0.15) is 5.26 Å². The maximum Gasteiger partial charge on any atom is 0.269 e. The van der Waals surface area contributed by atoms with Crippen LogP contribution >= 0.6 is 23.5 Å². The molecule has 0 unspecified atom stereocenters. The highest BCUT2D eigenvalue weighted by Gasteiger charge is 2.38. The van der Waals surface area contributed by atoms with Crippen LogP contribution in [0.25, 0.3) is 0 Å². The predicted octanol–water partition coefficient (Wildman–Crippen LogP) is 6.38. The van der Waals surface area contributed by atoms with E-state index in [1.165, 1.54) is 23.6 Å². The molecule has 1 saturated heterocycles. The Bertz CT molecular complexity index is 1230. The number of anilines is 1. The van der Waals surface area contributed by atoms with E-state index >= 15 is 0 Å². The van der Waals surface area contributed by atoms with Gasteiger partial charge in [-0.15, -0.1) is 0 Å². The number of carbonyl (C=O) groups is 2. The second-order valence-electron chi connectivity index (χ2n) is 7.77. The van der Waals surface area contributed by atoms with Gasteiger partial charge < -0.3 is 10.2 Å². The van der Waals surface area contributed by atoms with Crippen molar-refractivity contribution >= 4 is 46.1 Å². The molecule has 7 nitrogen and oxygen atoms in total. The van der Waals surface area contributed by atoms with Crippen LogP contribution in [0.2, 0.25) is 0 Å². The van der Waals surface area contributed by atoms with E-state index in [-0.39, 0.29) is 16.9 Å². The van der Waals surface area contributed by atoms with Crippen molar-refractivity contribution in [3.63, 3.8) is 0 Å². The SMILES string of the molecule is CC.CC(=O)C1=C(C)N(C)/C(=C2/SC(=N)N(Cc3ccccc3)C2=O)S1.CCNc1ccc(C#N)cc1. The molecule has 0 radical (unpaired) electrons. The third-order valence-electron chi connectivity index (χ3n) is 5.31. The summed E-state index contributed by atoms with van der Waals surface area (Å²) in [5.74, 6) is -0.188. The summed E-state index contributed by atoms with van der Waals surface area (Å²) in [5, 5.41) is 20.7. The Morgan fingerprint density at radius 2 is 1.70 bits per heavy atom. The van der Waals surface area contributed by atoms with E-state index in [0.29, 0.717) is 21.9 Å². The topological polar surface area (TPSA) is 100 Å².